The highest BCUT2D eigenvalue weighted by Gasteiger charge is 2.22. The lowest BCUT2D eigenvalue weighted by Gasteiger charge is -2.25. The van der Waals surface area contributed by atoms with Gasteiger partial charge in [-0.3, -0.25) is 4.79 Å². The van der Waals surface area contributed by atoms with Crippen molar-refractivity contribution in [2.75, 3.05) is 18.6 Å². The van der Waals surface area contributed by atoms with Crippen LogP contribution in [0.4, 0.5) is 11.4 Å². The van der Waals surface area contributed by atoms with E-state index in [4.69, 9.17) is 4.74 Å². The van der Waals surface area contributed by atoms with Gasteiger partial charge in [-0.15, -0.1) is 0 Å². The molecule has 0 unspecified atom stereocenters. The monoisotopic (exact) mass is 204 g/mol. The summed E-state index contributed by atoms with van der Waals surface area (Å²) in [6, 6.07) is 4.92. The van der Waals surface area contributed by atoms with Crippen molar-refractivity contribution in [2.24, 2.45) is 4.99 Å². The van der Waals surface area contributed by atoms with Gasteiger partial charge in [0.05, 0.1) is 11.4 Å². The molecule has 0 N–H and O–H groups in total. The highest BCUT2D eigenvalue weighted by atomic mass is 16.5. The number of benzene rings is 1. The van der Waals surface area contributed by atoms with Crippen LogP contribution in [-0.4, -0.2) is 25.6 Å². The molecule has 1 heterocycles. The molecule has 1 amide bonds. The van der Waals surface area contributed by atoms with Gasteiger partial charge in [-0.1, -0.05) is 0 Å². The van der Waals surface area contributed by atoms with E-state index in [-0.39, 0.29) is 12.5 Å². The number of hydrogen-bond donors (Lipinski definition) is 0. The number of isocyanates is 1. The lowest BCUT2D eigenvalue weighted by atomic mass is 10.2. The van der Waals surface area contributed by atoms with Gasteiger partial charge >= 0.3 is 0 Å². The molecule has 0 aliphatic carbocycles. The highest BCUT2D eigenvalue weighted by molar-refractivity contribution is 5.97. The van der Waals surface area contributed by atoms with Crippen LogP contribution in [0.1, 0.15) is 0 Å². The summed E-state index contributed by atoms with van der Waals surface area (Å²) in [6.45, 7) is 0.0415. The van der Waals surface area contributed by atoms with E-state index in [1.54, 1.807) is 25.2 Å². The maximum Gasteiger partial charge on any atom is 0.264 e. The SMILES string of the molecule is CN1C(=O)COc2ccc(N=C=O)cc21. The Morgan fingerprint density at radius 1 is 1.53 bits per heavy atom. The summed E-state index contributed by atoms with van der Waals surface area (Å²) >= 11 is 0. The predicted octanol–water partition coefficient (Wildman–Crippen LogP) is 1.01. The van der Waals surface area contributed by atoms with Crippen LogP contribution in [0.3, 0.4) is 0 Å². The second-order valence-corrected chi connectivity index (χ2v) is 3.10. The molecule has 15 heavy (non-hydrogen) atoms. The van der Waals surface area contributed by atoms with Gasteiger partial charge in [-0.25, -0.2) is 4.79 Å². The molecule has 1 aromatic rings. The summed E-state index contributed by atoms with van der Waals surface area (Å²) in [6.07, 6.45) is 1.45. The van der Waals surface area contributed by atoms with Crippen molar-refractivity contribution in [3.63, 3.8) is 0 Å². The molecule has 0 bridgehead atoms. The highest BCUT2D eigenvalue weighted by Crippen LogP contribution is 2.34. The van der Waals surface area contributed by atoms with Gasteiger partial charge in [0, 0.05) is 7.05 Å². The first-order valence-corrected chi connectivity index (χ1v) is 4.33. The predicted molar refractivity (Wildman–Crippen MR) is 53.1 cm³/mol. The van der Waals surface area contributed by atoms with Crippen molar-refractivity contribution in [3.8, 4) is 5.75 Å². The van der Waals surface area contributed by atoms with Crippen molar-refractivity contribution in [3.05, 3.63) is 18.2 Å². The summed E-state index contributed by atoms with van der Waals surface area (Å²) in [5, 5.41) is 0. The van der Waals surface area contributed by atoms with E-state index in [1.165, 1.54) is 11.0 Å². The van der Waals surface area contributed by atoms with E-state index in [2.05, 4.69) is 4.99 Å². The Balaban J connectivity index is 2.49. The molecular weight excluding hydrogens is 196 g/mol. The van der Waals surface area contributed by atoms with Gasteiger partial charge in [-0.2, -0.15) is 4.99 Å². The van der Waals surface area contributed by atoms with Crippen molar-refractivity contribution in [1.82, 2.24) is 0 Å². The van der Waals surface area contributed by atoms with Crippen LogP contribution in [-0.2, 0) is 9.59 Å². The standard InChI is InChI=1S/C10H8N2O3/c1-12-8-4-7(11-6-13)2-3-9(8)15-5-10(12)14/h2-4H,5H2,1H3. The smallest absolute Gasteiger partial charge is 0.264 e. The number of rotatable bonds is 1. The molecule has 76 valence electrons. The molecule has 0 fully saturated rings. The van der Waals surface area contributed by atoms with Gasteiger partial charge in [0.15, 0.2) is 6.61 Å². The van der Waals surface area contributed by atoms with Crippen molar-refractivity contribution >= 4 is 23.4 Å². The lowest BCUT2D eigenvalue weighted by Crippen LogP contribution is -2.35. The van der Waals surface area contributed by atoms with E-state index < -0.39 is 0 Å². The minimum Gasteiger partial charge on any atom is -0.482 e. The molecule has 0 spiro atoms. The zero-order chi connectivity index (χ0) is 10.8. The van der Waals surface area contributed by atoms with Crippen LogP contribution in [0.25, 0.3) is 0 Å². The van der Waals surface area contributed by atoms with Gasteiger partial charge < -0.3 is 9.64 Å². The lowest BCUT2D eigenvalue weighted by molar-refractivity contribution is -0.120. The molecule has 0 radical (unpaired) electrons. The van der Waals surface area contributed by atoms with Crippen molar-refractivity contribution in [2.45, 2.75) is 0 Å². The summed E-state index contributed by atoms with van der Waals surface area (Å²) in [5.74, 6) is 0.483. The Labute approximate surface area is 86.0 Å². The van der Waals surface area contributed by atoms with E-state index in [0.29, 0.717) is 17.1 Å². The van der Waals surface area contributed by atoms with E-state index in [9.17, 15) is 9.59 Å². The summed E-state index contributed by atoms with van der Waals surface area (Å²) in [4.78, 5) is 26.4. The van der Waals surface area contributed by atoms with Crippen LogP contribution < -0.4 is 9.64 Å². The zero-order valence-electron chi connectivity index (χ0n) is 8.06. The fourth-order valence-corrected chi connectivity index (χ4v) is 1.38. The molecule has 2 rings (SSSR count). The minimum atomic E-state index is -0.130. The van der Waals surface area contributed by atoms with Gasteiger partial charge in [0.1, 0.15) is 5.75 Å². The fraction of sp³-hybridized carbons (Fsp3) is 0.200. The molecule has 1 aromatic carbocycles. The Morgan fingerprint density at radius 3 is 3.07 bits per heavy atom. The molecule has 0 aromatic heterocycles. The number of ether oxygens (including phenoxy) is 1. The normalized spacial score (nSPS) is 13.9. The maximum absolute atomic E-state index is 11.3. The Kier molecular flexibility index (Phi) is 2.23. The van der Waals surface area contributed by atoms with E-state index >= 15 is 0 Å². The Bertz CT molecular complexity index is 464. The first kappa shape index (κ1) is 9.43. The second kappa shape index (κ2) is 3.55. The second-order valence-electron chi connectivity index (χ2n) is 3.10. The number of aliphatic imine (C=N–C) groups is 1. The van der Waals surface area contributed by atoms with Crippen molar-refractivity contribution in [1.29, 1.82) is 0 Å². The van der Waals surface area contributed by atoms with Crippen LogP contribution in [0.2, 0.25) is 0 Å². The third kappa shape index (κ3) is 1.60. The fourth-order valence-electron chi connectivity index (χ4n) is 1.38. The number of fused-ring (bicyclic) bond motifs is 1. The van der Waals surface area contributed by atoms with E-state index in [1.807, 2.05) is 0 Å². The van der Waals surface area contributed by atoms with Crippen LogP contribution in [0, 0.1) is 0 Å². The van der Waals surface area contributed by atoms with E-state index in [0.717, 1.165) is 0 Å². The number of nitrogens with zero attached hydrogens (tertiary/aromatic N) is 2. The zero-order valence-corrected chi connectivity index (χ0v) is 8.06. The van der Waals surface area contributed by atoms with Crippen molar-refractivity contribution < 1.29 is 14.3 Å². The largest absolute Gasteiger partial charge is 0.482 e. The molecule has 1 aliphatic rings. The molecule has 0 atom stereocenters. The molecule has 1 aliphatic heterocycles. The summed E-state index contributed by atoms with van der Waals surface area (Å²) < 4.78 is 5.21. The molecule has 0 saturated carbocycles. The minimum absolute atomic E-state index is 0.0415. The molecule has 5 heteroatoms. The number of hydrogen-bond acceptors (Lipinski definition) is 4. The van der Waals surface area contributed by atoms with Crippen LogP contribution >= 0.6 is 0 Å². The maximum atomic E-state index is 11.3. The number of carbonyl (C=O) groups is 1. The average molecular weight is 204 g/mol. The first-order chi connectivity index (χ1) is 7.22. The quantitative estimate of drug-likeness (QED) is 0.506. The Hall–Kier alpha value is -2.13. The number of likely N-dealkylation sites (N-methyl/N-ethyl adjacent to an activating group) is 1. The topological polar surface area (TPSA) is 59.0 Å². The molecule has 0 saturated heterocycles. The van der Waals surface area contributed by atoms with Gasteiger partial charge in [-0.05, 0) is 18.2 Å². The van der Waals surface area contributed by atoms with Crippen LogP contribution in [0.15, 0.2) is 23.2 Å². The Morgan fingerprint density at radius 2 is 2.33 bits per heavy atom. The average Bonchev–Trinajstić information content (AvgIpc) is 2.25. The summed E-state index contributed by atoms with van der Waals surface area (Å²) in [7, 11) is 1.65. The van der Waals surface area contributed by atoms with Gasteiger partial charge in [0.2, 0.25) is 6.08 Å². The number of anilines is 1. The molecular formula is C10H8N2O3. The number of amides is 1. The first-order valence-electron chi connectivity index (χ1n) is 4.33. The molecule has 5 nitrogen and oxygen atoms in total. The third-order valence-electron chi connectivity index (χ3n) is 2.20. The number of carbonyl (C=O) groups excluding carboxylic acids is 2. The van der Waals surface area contributed by atoms with Crippen LogP contribution in [0.5, 0.6) is 5.75 Å². The third-order valence-corrected chi connectivity index (χ3v) is 2.20. The summed E-state index contributed by atoms with van der Waals surface area (Å²) in [5.41, 5.74) is 1.07. The van der Waals surface area contributed by atoms with Gasteiger partial charge in [0.25, 0.3) is 5.91 Å².